The predicted molar refractivity (Wildman–Crippen MR) is 65.4 cm³/mol. The van der Waals surface area contributed by atoms with Crippen LogP contribution in [-0.2, 0) is 4.74 Å². The van der Waals surface area contributed by atoms with Crippen molar-refractivity contribution in [2.75, 3.05) is 6.54 Å². The Morgan fingerprint density at radius 2 is 2.06 bits per heavy atom. The Morgan fingerprint density at radius 1 is 1.44 bits per heavy atom. The maximum Gasteiger partial charge on any atom is 0.410 e. The molecule has 0 radical (unpaired) electrons. The van der Waals surface area contributed by atoms with Gasteiger partial charge in [0.05, 0.1) is 0 Å². The third-order valence-corrected chi connectivity index (χ3v) is 2.87. The van der Waals surface area contributed by atoms with Crippen LogP contribution in [0.4, 0.5) is 4.79 Å². The average Bonchev–Trinajstić information content (AvgIpc) is 2.44. The third kappa shape index (κ3) is 3.69. The van der Waals surface area contributed by atoms with Crippen molar-refractivity contribution in [2.45, 2.75) is 65.5 Å². The molecule has 0 bridgehead atoms. The van der Waals surface area contributed by atoms with Gasteiger partial charge in [-0.05, 0) is 39.5 Å². The van der Waals surface area contributed by atoms with E-state index in [-0.39, 0.29) is 11.7 Å². The SMILES string of the molecule is CCCC1C[C@H](C)CN1C(=O)OC(C)(C)C. The van der Waals surface area contributed by atoms with Gasteiger partial charge in [-0.25, -0.2) is 4.79 Å². The fourth-order valence-corrected chi connectivity index (χ4v) is 2.30. The monoisotopic (exact) mass is 227 g/mol. The lowest BCUT2D eigenvalue weighted by Gasteiger charge is -2.28. The van der Waals surface area contributed by atoms with E-state index in [0.717, 1.165) is 25.8 Å². The summed E-state index contributed by atoms with van der Waals surface area (Å²) in [6.07, 6.45) is 3.18. The quantitative estimate of drug-likeness (QED) is 0.723. The molecule has 0 N–H and O–H groups in total. The second kappa shape index (κ2) is 5.07. The molecule has 0 aromatic carbocycles. The molecule has 94 valence electrons. The number of rotatable bonds is 2. The summed E-state index contributed by atoms with van der Waals surface area (Å²) in [6.45, 7) is 11.0. The summed E-state index contributed by atoms with van der Waals surface area (Å²) >= 11 is 0. The summed E-state index contributed by atoms with van der Waals surface area (Å²) in [6, 6.07) is 0.384. The molecule has 1 aliphatic heterocycles. The van der Waals surface area contributed by atoms with Crippen LogP contribution >= 0.6 is 0 Å². The molecule has 3 nitrogen and oxygen atoms in total. The molecule has 0 aliphatic carbocycles. The van der Waals surface area contributed by atoms with E-state index in [1.165, 1.54) is 0 Å². The summed E-state index contributed by atoms with van der Waals surface area (Å²) in [7, 11) is 0. The van der Waals surface area contributed by atoms with E-state index in [9.17, 15) is 4.79 Å². The van der Waals surface area contributed by atoms with Crippen LogP contribution in [0.15, 0.2) is 0 Å². The lowest BCUT2D eigenvalue weighted by Crippen LogP contribution is -2.39. The largest absolute Gasteiger partial charge is 0.444 e. The molecular weight excluding hydrogens is 202 g/mol. The van der Waals surface area contributed by atoms with Crippen LogP contribution in [0.25, 0.3) is 0 Å². The smallest absolute Gasteiger partial charge is 0.410 e. The minimum Gasteiger partial charge on any atom is -0.444 e. The van der Waals surface area contributed by atoms with E-state index in [0.29, 0.717) is 12.0 Å². The topological polar surface area (TPSA) is 29.5 Å². The first-order valence-electron chi connectivity index (χ1n) is 6.33. The van der Waals surface area contributed by atoms with Crippen LogP contribution in [-0.4, -0.2) is 29.2 Å². The van der Waals surface area contributed by atoms with Gasteiger partial charge < -0.3 is 9.64 Å². The van der Waals surface area contributed by atoms with Crippen LogP contribution in [0.3, 0.4) is 0 Å². The predicted octanol–water partition coefficient (Wildman–Crippen LogP) is 3.43. The zero-order valence-electron chi connectivity index (χ0n) is 11.2. The molecule has 1 aliphatic rings. The van der Waals surface area contributed by atoms with Crippen LogP contribution in [0, 0.1) is 5.92 Å². The van der Waals surface area contributed by atoms with Crippen molar-refractivity contribution in [3.05, 3.63) is 0 Å². The maximum absolute atomic E-state index is 12.0. The third-order valence-electron chi connectivity index (χ3n) is 2.87. The van der Waals surface area contributed by atoms with Gasteiger partial charge in [0.2, 0.25) is 0 Å². The number of ether oxygens (including phenoxy) is 1. The molecule has 3 heteroatoms. The van der Waals surface area contributed by atoms with Gasteiger partial charge in [-0.1, -0.05) is 20.3 Å². The van der Waals surface area contributed by atoms with Gasteiger partial charge in [0.15, 0.2) is 0 Å². The van der Waals surface area contributed by atoms with Gasteiger partial charge in [0, 0.05) is 12.6 Å². The Balaban J connectivity index is 2.59. The molecule has 1 fully saturated rings. The van der Waals surface area contributed by atoms with E-state index < -0.39 is 0 Å². The van der Waals surface area contributed by atoms with Gasteiger partial charge in [-0.15, -0.1) is 0 Å². The van der Waals surface area contributed by atoms with E-state index in [1.54, 1.807) is 0 Å². The highest BCUT2D eigenvalue weighted by Gasteiger charge is 2.34. The number of amides is 1. The van der Waals surface area contributed by atoms with E-state index >= 15 is 0 Å². The molecule has 1 heterocycles. The van der Waals surface area contributed by atoms with Crippen molar-refractivity contribution in [2.24, 2.45) is 5.92 Å². The van der Waals surface area contributed by atoms with E-state index in [4.69, 9.17) is 4.74 Å². The van der Waals surface area contributed by atoms with Crippen LogP contribution in [0.5, 0.6) is 0 Å². The summed E-state index contributed by atoms with van der Waals surface area (Å²) in [4.78, 5) is 13.9. The number of hydrogen-bond donors (Lipinski definition) is 0. The summed E-state index contributed by atoms with van der Waals surface area (Å²) < 4.78 is 5.43. The molecule has 1 amide bonds. The van der Waals surface area contributed by atoms with Crippen LogP contribution in [0.2, 0.25) is 0 Å². The van der Waals surface area contributed by atoms with Crippen LogP contribution < -0.4 is 0 Å². The van der Waals surface area contributed by atoms with Crippen molar-refractivity contribution in [3.8, 4) is 0 Å². The first kappa shape index (κ1) is 13.3. The number of likely N-dealkylation sites (tertiary alicyclic amines) is 1. The molecule has 0 spiro atoms. The number of carbonyl (C=O) groups is 1. The molecule has 0 aromatic heterocycles. The number of carbonyl (C=O) groups excluding carboxylic acids is 1. The first-order valence-corrected chi connectivity index (χ1v) is 6.33. The Bertz CT molecular complexity index is 245. The number of nitrogens with zero attached hydrogens (tertiary/aromatic N) is 1. The molecular formula is C13H25NO2. The van der Waals surface area contributed by atoms with Gasteiger partial charge in [0.1, 0.15) is 5.60 Å². The Labute approximate surface area is 99.1 Å². The Kier molecular flexibility index (Phi) is 4.22. The second-order valence-electron chi connectivity index (χ2n) is 5.92. The zero-order chi connectivity index (χ0) is 12.3. The van der Waals surface area contributed by atoms with Crippen molar-refractivity contribution in [1.29, 1.82) is 0 Å². The zero-order valence-corrected chi connectivity index (χ0v) is 11.2. The fraction of sp³-hybridized carbons (Fsp3) is 0.923. The van der Waals surface area contributed by atoms with Crippen molar-refractivity contribution in [1.82, 2.24) is 4.90 Å². The van der Waals surface area contributed by atoms with Gasteiger partial charge in [-0.3, -0.25) is 0 Å². The fourth-order valence-electron chi connectivity index (χ4n) is 2.30. The normalized spacial score (nSPS) is 25.9. The summed E-state index contributed by atoms with van der Waals surface area (Å²) in [5.41, 5.74) is -0.389. The summed E-state index contributed by atoms with van der Waals surface area (Å²) in [5.74, 6) is 0.601. The van der Waals surface area contributed by atoms with Gasteiger partial charge in [0.25, 0.3) is 0 Å². The highest BCUT2D eigenvalue weighted by atomic mass is 16.6. The van der Waals surface area contributed by atoms with Crippen molar-refractivity contribution < 1.29 is 9.53 Å². The maximum atomic E-state index is 12.0. The molecule has 0 aromatic rings. The van der Waals surface area contributed by atoms with E-state index in [1.807, 2.05) is 25.7 Å². The Morgan fingerprint density at radius 3 is 2.56 bits per heavy atom. The molecule has 1 rings (SSSR count). The second-order valence-corrected chi connectivity index (χ2v) is 5.92. The van der Waals surface area contributed by atoms with Crippen LogP contribution in [0.1, 0.15) is 53.9 Å². The standard InChI is InChI=1S/C13H25NO2/c1-6-7-11-8-10(2)9-14(11)12(15)16-13(3,4)5/h10-11H,6-9H2,1-5H3/t10-,11?/m0/s1. The highest BCUT2D eigenvalue weighted by molar-refractivity contribution is 5.69. The minimum atomic E-state index is -0.389. The lowest BCUT2D eigenvalue weighted by molar-refractivity contribution is 0.0216. The minimum absolute atomic E-state index is 0.143. The van der Waals surface area contributed by atoms with Crippen molar-refractivity contribution >= 4 is 6.09 Å². The van der Waals surface area contributed by atoms with Gasteiger partial charge in [-0.2, -0.15) is 0 Å². The highest BCUT2D eigenvalue weighted by Crippen LogP contribution is 2.27. The number of hydrogen-bond acceptors (Lipinski definition) is 2. The molecule has 1 unspecified atom stereocenters. The van der Waals surface area contributed by atoms with Crippen molar-refractivity contribution in [3.63, 3.8) is 0 Å². The van der Waals surface area contributed by atoms with E-state index in [2.05, 4.69) is 13.8 Å². The average molecular weight is 227 g/mol. The molecule has 1 saturated heterocycles. The van der Waals surface area contributed by atoms with Gasteiger partial charge >= 0.3 is 6.09 Å². The lowest BCUT2D eigenvalue weighted by atomic mass is 10.0. The molecule has 0 saturated carbocycles. The summed E-state index contributed by atoms with van der Waals surface area (Å²) in [5, 5.41) is 0. The molecule has 2 atom stereocenters. The Hall–Kier alpha value is -0.730. The molecule has 16 heavy (non-hydrogen) atoms. The first-order chi connectivity index (χ1) is 7.33.